The van der Waals surface area contributed by atoms with E-state index in [1.54, 1.807) is 0 Å². The van der Waals surface area contributed by atoms with Gasteiger partial charge < -0.3 is 10.6 Å². The number of likely N-dealkylation sites (tertiary alicyclic amines) is 1. The molecule has 0 aromatic heterocycles. The van der Waals surface area contributed by atoms with E-state index in [1.807, 2.05) is 36.2 Å². The van der Waals surface area contributed by atoms with Crippen molar-refractivity contribution < 1.29 is 4.79 Å². The first kappa shape index (κ1) is 9.66. The van der Waals surface area contributed by atoms with Gasteiger partial charge in [-0.1, -0.05) is 6.07 Å². The molecule has 1 aromatic rings. The summed E-state index contributed by atoms with van der Waals surface area (Å²) in [6.07, 6.45) is 0.949. The van der Waals surface area contributed by atoms with Crippen LogP contribution in [0.2, 0.25) is 0 Å². The summed E-state index contributed by atoms with van der Waals surface area (Å²) in [5.74, 6) is 0.212. The number of hydrogen-bond donors (Lipinski definition) is 1. The number of rotatable bonds is 1. The molecule has 1 amide bonds. The number of amides is 1. The fourth-order valence-electron chi connectivity index (χ4n) is 2.80. The zero-order valence-electron chi connectivity index (χ0n) is 9.26. The summed E-state index contributed by atoms with van der Waals surface area (Å²) >= 11 is 0. The predicted molar refractivity (Wildman–Crippen MR) is 63.2 cm³/mol. The van der Waals surface area contributed by atoms with Gasteiger partial charge in [0.25, 0.3) is 0 Å². The van der Waals surface area contributed by atoms with Crippen LogP contribution in [0.3, 0.4) is 0 Å². The summed E-state index contributed by atoms with van der Waals surface area (Å²) in [4.78, 5) is 16.2. The number of carbonyl (C=O) groups excluding carboxylic acids is 1. The van der Waals surface area contributed by atoms with E-state index >= 15 is 0 Å². The van der Waals surface area contributed by atoms with Gasteiger partial charge in [0.05, 0.1) is 12.1 Å². The number of hydrogen-bond acceptors (Lipinski definition) is 3. The Kier molecular flexibility index (Phi) is 1.94. The van der Waals surface area contributed by atoms with Gasteiger partial charge in [0.15, 0.2) is 0 Å². The maximum absolute atomic E-state index is 12.1. The Hall–Kier alpha value is -1.55. The van der Waals surface area contributed by atoms with Crippen LogP contribution < -0.4 is 10.6 Å². The average molecular weight is 217 g/mol. The molecule has 0 saturated carbocycles. The molecule has 16 heavy (non-hydrogen) atoms. The van der Waals surface area contributed by atoms with Crippen LogP contribution in [0.25, 0.3) is 0 Å². The molecule has 1 aromatic carbocycles. The lowest BCUT2D eigenvalue weighted by Crippen LogP contribution is -2.48. The van der Waals surface area contributed by atoms with Crippen LogP contribution in [0.5, 0.6) is 0 Å². The molecule has 2 N–H and O–H groups in total. The number of piperazine rings is 1. The lowest BCUT2D eigenvalue weighted by molar-refractivity contribution is -0.122. The molecular formula is C12H15N3O. The Bertz CT molecular complexity index is 446. The molecule has 2 aliphatic heterocycles. The van der Waals surface area contributed by atoms with Crippen LogP contribution in [-0.2, 0) is 4.79 Å². The number of nitrogen functional groups attached to an aromatic ring is 1. The van der Waals surface area contributed by atoms with Crippen molar-refractivity contribution in [1.29, 1.82) is 0 Å². The molecule has 2 unspecified atom stereocenters. The van der Waals surface area contributed by atoms with Crippen molar-refractivity contribution in [2.24, 2.45) is 0 Å². The van der Waals surface area contributed by atoms with Gasteiger partial charge in [-0.3, -0.25) is 9.69 Å². The van der Waals surface area contributed by atoms with E-state index in [2.05, 4.69) is 4.90 Å². The fourth-order valence-corrected chi connectivity index (χ4v) is 2.80. The minimum absolute atomic E-state index is 0.0754. The van der Waals surface area contributed by atoms with Gasteiger partial charge in [-0.05, 0) is 31.7 Å². The fraction of sp³-hybridized carbons (Fsp3) is 0.417. The summed E-state index contributed by atoms with van der Waals surface area (Å²) in [5, 5.41) is 0. The molecule has 4 heteroatoms. The smallest absolute Gasteiger partial charge is 0.244 e. The number of anilines is 2. The molecule has 2 heterocycles. The quantitative estimate of drug-likeness (QED) is 0.704. The number of likely N-dealkylation sites (N-methyl/N-ethyl adjacent to an activating group) is 1. The zero-order valence-corrected chi connectivity index (χ0v) is 9.26. The van der Waals surface area contributed by atoms with E-state index in [1.165, 1.54) is 0 Å². The molecule has 2 atom stereocenters. The number of fused-ring (bicyclic) bond motifs is 2. The van der Waals surface area contributed by atoms with Gasteiger partial charge in [0.2, 0.25) is 5.91 Å². The second kappa shape index (κ2) is 3.22. The summed E-state index contributed by atoms with van der Waals surface area (Å²) in [6, 6.07) is 7.96. The van der Waals surface area contributed by atoms with Crippen LogP contribution in [0.1, 0.15) is 6.42 Å². The minimum Gasteiger partial charge on any atom is -0.399 e. The van der Waals surface area contributed by atoms with Gasteiger partial charge >= 0.3 is 0 Å². The van der Waals surface area contributed by atoms with Crippen molar-refractivity contribution in [2.75, 3.05) is 24.2 Å². The Balaban J connectivity index is 1.95. The van der Waals surface area contributed by atoms with E-state index in [4.69, 9.17) is 5.73 Å². The molecule has 0 radical (unpaired) electrons. The monoisotopic (exact) mass is 217 g/mol. The second-order valence-corrected chi connectivity index (χ2v) is 4.65. The predicted octanol–water partition coefficient (Wildman–Crippen LogP) is 0.688. The summed E-state index contributed by atoms with van der Waals surface area (Å²) in [5.41, 5.74) is 7.39. The normalized spacial score (nSPS) is 29.1. The van der Waals surface area contributed by atoms with Crippen LogP contribution in [-0.4, -0.2) is 36.5 Å². The van der Waals surface area contributed by atoms with Crippen LogP contribution in [0, 0.1) is 0 Å². The van der Waals surface area contributed by atoms with E-state index in [0.717, 1.165) is 18.7 Å². The maximum atomic E-state index is 12.1. The molecule has 2 saturated heterocycles. The molecule has 3 rings (SSSR count). The second-order valence-electron chi connectivity index (χ2n) is 4.65. The SMILES string of the molecule is CN1CC2CC1C(=O)N2c1cccc(N)c1. The Morgan fingerprint density at radius 1 is 1.44 bits per heavy atom. The van der Waals surface area contributed by atoms with Crippen molar-refractivity contribution in [3.8, 4) is 0 Å². The summed E-state index contributed by atoms with van der Waals surface area (Å²) in [6.45, 7) is 0.963. The lowest BCUT2D eigenvalue weighted by Gasteiger charge is -2.31. The third-order valence-corrected chi connectivity index (χ3v) is 3.56. The van der Waals surface area contributed by atoms with E-state index < -0.39 is 0 Å². The Morgan fingerprint density at radius 2 is 2.25 bits per heavy atom. The summed E-state index contributed by atoms with van der Waals surface area (Å²) in [7, 11) is 2.01. The van der Waals surface area contributed by atoms with Crippen molar-refractivity contribution >= 4 is 17.3 Å². The zero-order chi connectivity index (χ0) is 11.3. The first-order chi connectivity index (χ1) is 7.66. The van der Waals surface area contributed by atoms with Gasteiger partial charge in [0, 0.05) is 17.9 Å². The minimum atomic E-state index is 0.0754. The van der Waals surface area contributed by atoms with Crippen molar-refractivity contribution in [3.63, 3.8) is 0 Å². The first-order valence-electron chi connectivity index (χ1n) is 5.55. The van der Waals surface area contributed by atoms with Gasteiger partial charge in [-0.2, -0.15) is 0 Å². The van der Waals surface area contributed by atoms with Gasteiger partial charge in [-0.15, -0.1) is 0 Å². The van der Waals surface area contributed by atoms with E-state index in [9.17, 15) is 4.79 Å². The Morgan fingerprint density at radius 3 is 2.88 bits per heavy atom. The molecular weight excluding hydrogens is 202 g/mol. The molecule has 0 aliphatic carbocycles. The highest BCUT2D eigenvalue weighted by atomic mass is 16.2. The number of benzene rings is 1. The number of nitrogens with two attached hydrogens (primary N) is 1. The molecule has 2 fully saturated rings. The highest BCUT2D eigenvalue weighted by Crippen LogP contribution is 2.35. The topological polar surface area (TPSA) is 49.6 Å². The molecule has 84 valence electrons. The van der Waals surface area contributed by atoms with Crippen LogP contribution in [0.15, 0.2) is 24.3 Å². The van der Waals surface area contributed by atoms with Crippen molar-refractivity contribution in [2.45, 2.75) is 18.5 Å². The first-order valence-corrected chi connectivity index (χ1v) is 5.55. The van der Waals surface area contributed by atoms with E-state index in [0.29, 0.717) is 11.7 Å². The van der Waals surface area contributed by atoms with Gasteiger partial charge in [0.1, 0.15) is 0 Å². The molecule has 0 spiro atoms. The highest BCUT2D eigenvalue weighted by molar-refractivity contribution is 6.01. The maximum Gasteiger partial charge on any atom is 0.244 e. The van der Waals surface area contributed by atoms with E-state index in [-0.39, 0.29) is 11.9 Å². The number of carbonyl (C=O) groups is 1. The number of nitrogens with zero attached hydrogens (tertiary/aromatic N) is 2. The van der Waals surface area contributed by atoms with Crippen LogP contribution in [0.4, 0.5) is 11.4 Å². The Labute approximate surface area is 94.6 Å². The van der Waals surface area contributed by atoms with Crippen molar-refractivity contribution in [1.82, 2.24) is 4.90 Å². The lowest BCUT2D eigenvalue weighted by atomic mass is 10.2. The molecule has 2 aliphatic rings. The van der Waals surface area contributed by atoms with Crippen molar-refractivity contribution in [3.05, 3.63) is 24.3 Å². The average Bonchev–Trinajstić information content (AvgIpc) is 2.73. The largest absolute Gasteiger partial charge is 0.399 e. The van der Waals surface area contributed by atoms with Gasteiger partial charge in [-0.25, -0.2) is 0 Å². The molecule has 2 bridgehead atoms. The standard InChI is InChI=1S/C12H15N3O/c1-14-7-10-6-11(14)12(16)15(10)9-4-2-3-8(13)5-9/h2-5,10-11H,6-7,13H2,1H3. The summed E-state index contributed by atoms with van der Waals surface area (Å²) < 4.78 is 0. The molecule has 4 nitrogen and oxygen atoms in total. The van der Waals surface area contributed by atoms with Crippen LogP contribution >= 0.6 is 0 Å². The highest BCUT2D eigenvalue weighted by Gasteiger charge is 2.48. The third-order valence-electron chi connectivity index (χ3n) is 3.56. The third kappa shape index (κ3) is 1.23.